The zero-order valence-corrected chi connectivity index (χ0v) is 12.3. The normalized spacial score (nSPS) is 10.7. The minimum absolute atomic E-state index is 0.0378. The van der Waals surface area contributed by atoms with Crippen LogP contribution in [0.5, 0.6) is 5.75 Å². The third-order valence-electron chi connectivity index (χ3n) is 2.80. The second kappa shape index (κ2) is 8.53. The lowest BCUT2D eigenvalue weighted by Gasteiger charge is -2.10. The first-order valence-corrected chi connectivity index (χ1v) is 6.88. The number of ether oxygens (including phenoxy) is 1. The topological polar surface area (TPSA) is 50.4 Å². The van der Waals surface area contributed by atoms with Crippen LogP contribution in [0, 0.1) is 5.82 Å². The molecule has 0 bridgehead atoms. The van der Waals surface area contributed by atoms with Gasteiger partial charge in [-0.15, -0.1) is 0 Å². The molecule has 0 atom stereocenters. The van der Waals surface area contributed by atoms with E-state index in [2.05, 4.69) is 10.6 Å². The van der Waals surface area contributed by atoms with Crippen LogP contribution in [0.2, 0.25) is 0 Å². The van der Waals surface area contributed by atoms with Crippen molar-refractivity contribution in [2.45, 2.75) is 39.3 Å². The third-order valence-corrected chi connectivity index (χ3v) is 2.80. The van der Waals surface area contributed by atoms with Gasteiger partial charge in [0.2, 0.25) is 5.91 Å². The molecular weight excluding hydrogens is 259 g/mol. The standard InChI is InChI=1S/C15H23FN2O2/c1-11(2)18-10-12-6-7-14(13(16)9-12)20-8-4-5-15(19)17-3/h6-7,9,11,18H,4-5,8,10H2,1-3H3,(H,17,19). The van der Waals surface area contributed by atoms with Gasteiger partial charge in [-0.3, -0.25) is 4.79 Å². The molecule has 0 saturated heterocycles. The minimum atomic E-state index is -0.368. The zero-order valence-electron chi connectivity index (χ0n) is 12.3. The Morgan fingerprint density at radius 1 is 1.40 bits per heavy atom. The second-order valence-electron chi connectivity index (χ2n) is 4.93. The summed E-state index contributed by atoms with van der Waals surface area (Å²) >= 11 is 0. The van der Waals surface area contributed by atoms with Crippen molar-refractivity contribution in [3.05, 3.63) is 29.6 Å². The lowest BCUT2D eigenvalue weighted by atomic mass is 10.2. The fourth-order valence-electron chi connectivity index (χ4n) is 1.63. The summed E-state index contributed by atoms with van der Waals surface area (Å²) in [5, 5.41) is 5.76. The zero-order chi connectivity index (χ0) is 15.0. The predicted octanol–water partition coefficient (Wildman–Crippen LogP) is 2.23. The second-order valence-corrected chi connectivity index (χ2v) is 4.93. The maximum atomic E-state index is 13.8. The van der Waals surface area contributed by atoms with Gasteiger partial charge in [0, 0.05) is 26.1 Å². The van der Waals surface area contributed by atoms with Crippen molar-refractivity contribution in [2.75, 3.05) is 13.7 Å². The van der Waals surface area contributed by atoms with Crippen LogP contribution in [0.3, 0.4) is 0 Å². The Kier molecular flexibility index (Phi) is 7.01. The molecule has 2 N–H and O–H groups in total. The Balaban J connectivity index is 2.41. The van der Waals surface area contributed by atoms with Gasteiger partial charge in [-0.2, -0.15) is 0 Å². The van der Waals surface area contributed by atoms with Crippen LogP contribution in [0.15, 0.2) is 18.2 Å². The molecule has 112 valence electrons. The Morgan fingerprint density at radius 3 is 2.75 bits per heavy atom. The van der Waals surface area contributed by atoms with Crippen LogP contribution < -0.4 is 15.4 Å². The third kappa shape index (κ3) is 6.02. The van der Waals surface area contributed by atoms with Gasteiger partial charge in [-0.25, -0.2) is 4.39 Å². The lowest BCUT2D eigenvalue weighted by molar-refractivity contribution is -0.120. The first kappa shape index (κ1) is 16.4. The van der Waals surface area contributed by atoms with Gasteiger partial charge >= 0.3 is 0 Å². The number of hydrogen-bond acceptors (Lipinski definition) is 3. The predicted molar refractivity (Wildman–Crippen MR) is 77.2 cm³/mol. The molecule has 1 amide bonds. The molecule has 0 heterocycles. The molecule has 0 fully saturated rings. The van der Waals surface area contributed by atoms with Gasteiger partial charge in [0.05, 0.1) is 6.61 Å². The van der Waals surface area contributed by atoms with Crippen molar-refractivity contribution in [3.63, 3.8) is 0 Å². The van der Waals surface area contributed by atoms with E-state index in [1.165, 1.54) is 6.07 Å². The average Bonchev–Trinajstić information content (AvgIpc) is 2.42. The lowest BCUT2D eigenvalue weighted by Crippen LogP contribution is -2.21. The summed E-state index contributed by atoms with van der Waals surface area (Å²) in [5.74, 6) is -0.174. The number of carbonyl (C=O) groups is 1. The van der Waals surface area contributed by atoms with Gasteiger partial charge in [0.15, 0.2) is 11.6 Å². The quantitative estimate of drug-likeness (QED) is 0.719. The summed E-state index contributed by atoms with van der Waals surface area (Å²) in [4.78, 5) is 11.0. The molecule has 0 spiro atoms. The van der Waals surface area contributed by atoms with E-state index in [-0.39, 0.29) is 17.5 Å². The molecule has 0 aliphatic rings. The number of benzene rings is 1. The summed E-state index contributed by atoms with van der Waals surface area (Å²) in [6.07, 6.45) is 0.949. The van der Waals surface area contributed by atoms with Crippen LogP contribution in [-0.2, 0) is 11.3 Å². The van der Waals surface area contributed by atoms with Crippen molar-refractivity contribution in [2.24, 2.45) is 0 Å². The molecule has 1 aromatic carbocycles. The molecule has 0 aliphatic carbocycles. The van der Waals surface area contributed by atoms with Crippen LogP contribution >= 0.6 is 0 Å². The molecule has 4 nitrogen and oxygen atoms in total. The van der Waals surface area contributed by atoms with Crippen molar-refractivity contribution < 1.29 is 13.9 Å². The van der Waals surface area contributed by atoms with E-state index in [9.17, 15) is 9.18 Å². The van der Waals surface area contributed by atoms with Gasteiger partial charge in [0.1, 0.15) is 0 Å². The number of amides is 1. The molecule has 0 aromatic heterocycles. The molecule has 20 heavy (non-hydrogen) atoms. The highest BCUT2D eigenvalue weighted by Crippen LogP contribution is 2.18. The Morgan fingerprint density at radius 2 is 2.15 bits per heavy atom. The molecule has 0 aliphatic heterocycles. The largest absolute Gasteiger partial charge is 0.491 e. The molecule has 5 heteroatoms. The number of carbonyl (C=O) groups excluding carboxylic acids is 1. The fourth-order valence-corrected chi connectivity index (χ4v) is 1.63. The Hall–Kier alpha value is -1.62. The Bertz CT molecular complexity index is 436. The van der Waals surface area contributed by atoms with Gasteiger partial charge in [-0.05, 0) is 24.1 Å². The van der Waals surface area contributed by atoms with E-state index in [0.717, 1.165) is 5.56 Å². The first-order chi connectivity index (χ1) is 9.52. The van der Waals surface area contributed by atoms with Crippen LogP contribution in [-0.4, -0.2) is 25.6 Å². The molecule has 0 unspecified atom stereocenters. The minimum Gasteiger partial charge on any atom is -0.491 e. The van der Waals surface area contributed by atoms with Crippen molar-refractivity contribution >= 4 is 5.91 Å². The molecule has 1 rings (SSSR count). The van der Waals surface area contributed by atoms with Crippen LogP contribution in [0.25, 0.3) is 0 Å². The van der Waals surface area contributed by atoms with Gasteiger partial charge in [-0.1, -0.05) is 19.9 Å². The van der Waals surface area contributed by atoms with E-state index in [1.54, 1.807) is 13.1 Å². The highest BCUT2D eigenvalue weighted by molar-refractivity contribution is 5.75. The average molecular weight is 282 g/mol. The van der Waals surface area contributed by atoms with Crippen molar-refractivity contribution in [1.29, 1.82) is 0 Å². The van der Waals surface area contributed by atoms with E-state index < -0.39 is 0 Å². The summed E-state index contributed by atoms with van der Waals surface area (Å²) in [6, 6.07) is 5.31. The molecule has 0 radical (unpaired) electrons. The molecule has 1 aromatic rings. The monoisotopic (exact) mass is 282 g/mol. The maximum Gasteiger partial charge on any atom is 0.219 e. The van der Waals surface area contributed by atoms with Crippen LogP contribution in [0.1, 0.15) is 32.3 Å². The molecular formula is C15H23FN2O2. The smallest absolute Gasteiger partial charge is 0.219 e. The van der Waals surface area contributed by atoms with E-state index in [4.69, 9.17) is 4.74 Å². The summed E-state index contributed by atoms with van der Waals surface area (Å²) in [5.41, 5.74) is 0.883. The highest BCUT2D eigenvalue weighted by atomic mass is 19.1. The van der Waals surface area contributed by atoms with E-state index in [0.29, 0.717) is 32.0 Å². The highest BCUT2D eigenvalue weighted by Gasteiger charge is 2.06. The van der Waals surface area contributed by atoms with Crippen molar-refractivity contribution in [1.82, 2.24) is 10.6 Å². The number of rotatable bonds is 8. The summed E-state index contributed by atoms with van der Waals surface area (Å²) in [6.45, 7) is 5.04. The number of nitrogens with one attached hydrogen (secondary N) is 2. The van der Waals surface area contributed by atoms with Gasteiger partial charge < -0.3 is 15.4 Å². The van der Waals surface area contributed by atoms with Crippen molar-refractivity contribution in [3.8, 4) is 5.75 Å². The Labute approximate surface area is 119 Å². The summed E-state index contributed by atoms with van der Waals surface area (Å²) in [7, 11) is 1.59. The maximum absolute atomic E-state index is 13.8. The fraction of sp³-hybridized carbons (Fsp3) is 0.533. The summed E-state index contributed by atoms with van der Waals surface area (Å²) < 4.78 is 19.1. The SMILES string of the molecule is CNC(=O)CCCOc1ccc(CNC(C)C)cc1F. The first-order valence-electron chi connectivity index (χ1n) is 6.88. The number of halogens is 1. The van der Waals surface area contributed by atoms with Crippen LogP contribution in [0.4, 0.5) is 4.39 Å². The van der Waals surface area contributed by atoms with E-state index in [1.807, 2.05) is 19.9 Å². The number of hydrogen-bond donors (Lipinski definition) is 2. The van der Waals surface area contributed by atoms with Gasteiger partial charge in [0.25, 0.3) is 0 Å². The van der Waals surface area contributed by atoms with E-state index >= 15 is 0 Å². The molecule has 0 saturated carbocycles.